The number of nitrogens with one attached hydrogen (secondary N) is 1. The summed E-state index contributed by atoms with van der Waals surface area (Å²) in [7, 11) is 0. The average Bonchev–Trinajstić information content (AvgIpc) is 2.48. The van der Waals surface area contributed by atoms with E-state index in [1.54, 1.807) is 0 Å². The monoisotopic (exact) mass is 267 g/mol. The molecule has 0 saturated carbocycles. The molecule has 20 heavy (non-hydrogen) atoms. The van der Waals surface area contributed by atoms with Gasteiger partial charge in [-0.15, -0.1) is 0 Å². The Balaban J connectivity index is 1.87. The molecule has 0 bridgehead atoms. The molecule has 3 heteroatoms. The zero-order valence-corrected chi connectivity index (χ0v) is 11.8. The van der Waals surface area contributed by atoms with E-state index in [0.29, 0.717) is 12.5 Å². The predicted octanol–water partition coefficient (Wildman–Crippen LogP) is 3.22. The van der Waals surface area contributed by atoms with Gasteiger partial charge in [-0.1, -0.05) is 49.4 Å². The predicted molar refractivity (Wildman–Crippen MR) is 86.1 cm³/mol. The minimum atomic E-state index is 0.467. The lowest BCUT2D eigenvalue weighted by molar-refractivity contribution is 0.964. The minimum Gasteiger partial charge on any atom is -0.370 e. The van der Waals surface area contributed by atoms with Gasteiger partial charge in [0.2, 0.25) is 0 Å². The minimum absolute atomic E-state index is 0.467. The van der Waals surface area contributed by atoms with Crippen LogP contribution in [-0.4, -0.2) is 12.5 Å². The molecule has 0 fully saturated rings. The fraction of sp³-hybridized carbons (Fsp3) is 0.235. The van der Waals surface area contributed by atoms with Gasteiger partial charge in [0.1, 0.15) is 0 Å². The molecule has 104 valence electrons. The summed E-state index contributed by atoms with van der Waals surface area (Å²) in [6, 6.07) is 18.5. The zero-order valence-electron chi connectivity index (χ0n) is 11.8. The number of benzene rings is 2. The highest BCUT2D eigenvalue weighted by Crippen LogP contribution is 2.10. The summed E-state index contributed by atoms with van der Waals surface area (Å²) in [5, 5.41) is 3.13. The van der Waals surface area contributed by atoms with Crippen molar-refractivity contribution in [1.29, 1.82) is 0 Å². The molecule has 2 aromatic rings. The average molecular weight is 267 g/mol. The number of rotatable bonds is 5. The second-order valence-electron chi connectivity index (χ2n) is 4.68. The first-order chi connectivity index (χ1) is 9.78. The van der Waals surface area contributed by atoms with Crippen molar-refractivity contribution in [3.8, 4) is 0 Å². The Hall–Kier alpha value is -2.29. The first-order valence-corrected chi connectivity index (χ1v) is 6.97. The fourth-order valence-electron chi connectivity index (χ4n) is 2.01. The highest BCUT2D eigenvalue weighted by molar-refractivity contribution is 5.92. The van der Waals surface area contributed by atoms with E-state index in [-0.39, 0.29) is 0 Å². The molecule has 0 saturated heterocycles. The molecule has 0 aliphatic rings. The van der Waals surface area contributed by atoms with Crippen LogP contribution < -0.4 is 11.1 Å². The molecule has 3 N–H and O–H groups in total. The molecule has 0 amide bonds. The molecule has 3 nitrogen and oxygen atoms in total. The number of nitrogens with two attached hydrogens (primary N) is 1. The van der Waals surface area contributed by atoms with E-state index >= 15 is 0 Å². The van der Waals surface area contributed by atoms with Gasteiger partial charge in [0.05, 0.1) is 0 Å². The summed E-state index contributed by atoms with van der Waals surface area (Å²) in [5.74, 6) is 0.467. The van der Waals surface area contributed by atoms with Gasteiger partial charge in [0.15, 0.2) is 5.96 Å². The molecule has 0 radical (unpaired) electrons. The van der Waals surface area contributed by atoms with E-state index in [0.717, 1.165) is 18.5 Å². The number of hydrogen-bond acceptors (Lipinski definition) is 1. The lowest BCUT2D eigenvalue weighted by Crippen LogP contribution is -2.23. The summed E-state index contributed by atoms with van der Waals surface area (Å²) >= 11 is 0. The van der Waals surface area contributed by atoms with Crippen molar-refractivity contribution in [2.24, 2.45) is 10.7 Å². The summed E-state index contributed by atoms with van der Waals surface area (Å²) < 4.78 is 0. The first kappa shape index (κ1) is 14.1. The standard InChI is InChI=1S/C17H21N3/c1-2-14-9-6-10-16(13-14)20-17(18)19-12-11-15-7-4-3-5-8-15/h3-10,13H,2,11-12H2,1H3,(H3,18,19,20). The van der Waals surface area contributed by atoms with Crippen molar-refractivity contribution in [2.45, 2.75) is 19.8 Å². The van der Waals surface area contributed by atoms with Crippen LogP contribution in [-0.2, 0) is 12.8 Å². The first-order valence-electron chi connectivity index (χ1n) is 6.97. The Morgan fingerprint density at radius 1 is 1.05 bits per heavy atom. The molecule has 0 aliphatic carbocycles. The number of anilines is 1. The normalized spacial score (nSPS) is 11.3. The summed E-state index contributed by atoms with van der Waals surface area (Å²) in [6.07, 6.45) is 1.92. The molecular formula is C17H21N3. The van der Waals surface area contributed by atoms with Crippen molar-refractivity contribution in [3.05, 3.63) is 65.7 Å². The summed E-state index contributed by atoms with van der Waals surface area (Å²) in [5.41, 5.74) is 9.45. The number of aryl methyl sites for hydroxylation is 1. The maximum Gasteiger partial charge on any atom is 0.193 e. The Morgan fingerprint density at radius 2 is 1.80 bits per heavy atom. The fourth-order valence-corrected chi connectivity index (χ4v) is 2.01. The van der Waals surface area contributed by atoms with Crippen molar-refractivity contribution < 1.29 is 0 Å². The van der Waals surface area contributed by atoms with Gasteiger partial charge in [-0.05, 0) is 36.1 Å². The lowest BCUT2D eigenvalue weighted by atomic mass is 10.1. The van der Waals surface area contributed by atoms with E-state index in [2.05, 4.69) is 41.5 Å². The SMILES string of the molecule is CCc1cccc(NC(N)=NCCc2ccccc2)c1. The highest BCUT2D eigenvalue weighted by Gasteiger charge is 1.97. The van der Waals surface area contributed by atoms with Crippen molar-refractivity contribution in [1.82, 2.24) is 0 Å². The molecule has 0 aromatic heterocycles. The quantitative estimate of drug-likeness (QED) is 0.645. The van der Waals surface area contributed by atoms with E-state index in [1.165, 1.54) is 11.1 Å². The molecule has 0 atom stereocenters. The van der Waals surface area contributed by atoms with Gasteiger partial charge in [0.25, 0.3) is 0 Å². The maximum atomic E-state index is 5.90. The van der Waals surface area contributed by atoms with Crippen LogP contribution in [0.2, 0.25) is 0 Å². The maximum absolute atomic E-state index is 5.90. The van der Waals surface area contributed by atoms with Crippen LogP contribution in [0.3, 0.4) is 0 Å². The van der Waals surface area contributed by atoms with Crippen molar-refractivity contribution >= 4 is 11.6 Å². The third-order valence-electron chi connectivity index (χ3n) is 3.13. The molecule has 0 spiro atoms. The molecule has 0 heterocycles. The van der Waals surface area contributed by atoms with Gasteiger partial charge >= 0.3 is 0 Å². The third-order valence-corrected chi connectivity index (χ3v) is 3.13. The van der Waals surface area contributed by atoms with Gasteiger partial charge in [0, 0.05) is 12.2 Å². The lowest BCUT2D eigenvalue weighted by Gasteiger charge is -2.07. The topological polar surface area (TPSA) is 50.4 Å². The molecule has 0 aliphatic heterocycles. The Morgan fingerprint density at radius 3 is 2.55 bits per heavy atom. The van der Waals surface area contributed by atoms with Gasteiger partial charge in [-0.25, -0.2) is 0 Å². The summed E-state index contributed by atoms with van der Waals surface area (Å²) in [6.45, 7) is 2.83. The number of guanidine groups is 1. The van der Waals surface area contributed by atoms with Gasteiger partial charge in [-0.2, -0.15) is 0 Å². The number of hydrogen-bond donors (Lipinski definition) is 2. The van der Waals surface area contributed by atoms with Crippen LogP contribution in [0.1, 0.15) is 18.1 Å². The highest BCUT2D eigenvalue weighted by atomic mass is 15.1. The molecule has 2 aromatic carbocycles. The van der Waals surface area contributed by atoms with E-state index in [4.69, 9.17) is 5.73 Å². The van der Waals surface area contributed by atoms with Crippen LogP contribution >= 0.6 is 0 Å². The van der Waals surface area contributed by atoms with Crippen molar-refractivity contribution in [2.75, 3.05) is 11.9 Å². The van der Waals surface area contributed by atoms with Crippen LogP contribution in [0.15, 0.2) is 59.6 Å². The summed E-state index contributed by atoms with van der Waals surface area (Å²) in [4.78, 5) is 4.35. The molecule has 0 unspecified atom stereocenters. The van der Waals surface area contributed by atoms with E-state index < -0.39 is 0 Å². The molecular weight excluding hydrogens is 246 g/mol. The Labute approximate surface area is 120 Å². The van der Waals surface area contributed by atoms with E-state index in [9.17, 15) is 0 Å². The molecule has 2 rings (SSSR count). The largest absolute Gasteiger partial charge is 0.370 e. The Kier molecular flexibility index (Phi) is 5.18. The second-order valence-corrected chi connectivity index (χ2v) is 4.68. The van der Waals surface area contributed by atoms with Gasteiger partial charge in [-0.3, -0.25) is 4.99 Å². The van der Waals surface area contributed by atoms with Crippen LogP contribution in [0.5, 0.6) is 0 Å². The number of nitrogens with zero attached hydrogens (tertiary/aromatic N) is 1. The van der Waals surface area contributed by atoms with E-state index in [1.807, 2.05) is 30.3 Å². The van der Waals surface area contributed by atoms with Crippen LogP contribution in [0.25, 0.3) is 0 Å². The smallest absolute Gasteiger partial charge is 0.193 e. The van der Waals surface area contributed by atoms with Crippen LogP contribution in [0, 0.1) is 0 Å². The number of aliphatic imine (C=N–C) groups is 1. The van der Waals surface area contributed by atoms with Crippen LogP contribution in [0.4, 0.5) is 5.69 Å². The zero-order chi connectivity index (χ0) is 14.2. The van der Waals surface area contributed by atoms with Gasteiger partial charge < -0.3 is 11.1 Å². The second kappa shape index (κ2) is 7.34. The third kappa shape index (κ3) is 4.43. The Bertz CT molecular complexity index is 561. The van der Waals surface area contributed by atoms with Crippen molar-refractivity contribution in [3.63, 3.8) is 0 Å².